The first-order valence-corrected chi connectivity index (χ1v) is 6.52. The lowest BCUT2D eigenvalue weighted by atomic mass is 10.2. The number of carbonyl (C=O) groups is 1. The number of ether oxygens (including phenoxy) is 2. The number of benzene rings is 2. The standard InChI is InChI=1S/C16H16FNO3/c1-3-20-16(19)11-4-6-15(13(18)9-11)21-14-7-5-12(17)8-10(14)2/h4-9H,3,18H2,1-2H3. The zero-order valence-electron chi connectivity index (χ0n) is 11.9. The molecule has 2 aromatic carbocycles. The number of carbonyl (C=O) groups excluding carboxylic acids is 1. The van der Waals surface area contributed by atoms with E-state index in [2.05, 4.69) is 0 Å². The number of rotatable bonds is 4. The van der Waals surface area contributed by atoms with Gasteiger partial charge in [-0.25, -0.2) is 9.18 Å². The molecule has 2 rings (SSSR count). The molecule has 0 aromatic heterocycles. The summed E-state index contributed by atoms with van der Waals surface area (Å²) in [4.78, 5) is 11.6. The molecule has 4 nitrogen and oxygen atoms in total. The van der Waals surface area contributed by atoms with Crippen LogP contribution in [0.5, 0.6) is 11.5 Å². The highest BCUT2D eigenvalue weighted by Gasteiger charge is 2.11. The topological polar surface area (TPSA) is 61.5 Å². The Hall–Kier alpha value is -2.56. The zero-order valence-corrected chi connectivity index (χ0v) is 11.9. The number of esters is 1. The third kappa shape index (κ3) is 3.51. The van der Waals surface area contributed by atoms with Gasteiger partial charge in [0.05, 0.1) is 17.9 Å². The van der Waals surface area contributed by atoms with Crippen LogP contribution in [0.15, 0.2) is 36.4 Å². The van der Waals surface area contributed by atoms with E-state index in [1.165, 1.54) is 24.3 Å². The minimum absolute atomic E-state index is 0.297. The van der Waals surface area contributed by atoms with E-state index in [-0.39, 0.29) is 5.82 Å². The van der Waals surface area contributed by atoms with Crippen molar-refractivity contribution in [1.82, 2.24) is 0 Å². The predicted octanol–water partition coefficient (Wildman–Crippen LogP) is 3.69. The van der Waals surface area contributed by atoms with Crippen molar-refractivity contribution in [3.05, 3.63) is 53.3 Å². The minimum Gasteiger partial charge on any atom is -0.462 e. The van der Waals surface area contributed by atoms with Crippen LogP contribution in [-0.4, -0.2) is 12.6 Å². The highest BCUT2D eigenvalue weighted by Crippen LogP contribution is 2.30. The smallest absolute Gasteiger partial charge is 0.338 e. The fraction of sp³-hybridized carbons (Fsp3) is 0.188. The third-order valence-corrected chi connectivity index (χ3v) is 2.88. The molecule has 0 heterocycles. The van der Waals surface area contributed by atoms with Crippen molar-refractivity contribution in [3.63, 3.8) is 0 Å². The van der Waals surface area contributed by atoms with Crippen molar-refractivity contribution < 1.29 is 18.7 Å². The number of anilines is 1. The van der Waals surface area contributed by atoms with Crippen LogP contribution < -0.4 is 10.5 Å². The molecule has 0 aliphatic heterocycles. The summed E-state index contributed by atoms with van der Waals surface area (Å²) in [5, 5.41) is 0. The van der Waals surface area contributed by atoms with E-state index >= 15 is 0 Å². The van der Waals surface area contributed by atoms with Gasteiger partial charge in [-0.05, 0) is 55.8 Å². The monoisotopic (exact) mass is 289 g/mol. The summed E-state index contributed by atoms with van der Waals surface area (Å²) in [6, 6.07) is 8.87. The van der Waals surface area contributed by atoms with Crippen molar-refractivity contribution >= 4 is 11.7 Å². The van der Waals surface area contributed by atoms with Gasteiger partial charge in [0.2, 0.25) is 0 Å². The zero-order chi connectivity index (χ0) is 15.4. The highest BCUT2D eigenvalue weighted by atomic mass is 19.1. The lowest BCUT2D eigenvalue weighted by molar-refractivity contribution is 0.0526. The largest absolute Gasteiger partial charge is 0.462 e. The fourth-order valence-corrected chi connectivity index (χ4v) is 1.83. The summed E-state index contributed by atoms with van der Waals surface area (Å²) in [5.74, 6) is 0.143. The van der Waals surface area contributed by atoms with Crippen LogP contribution in [0, 0.1) is 12.7 Å². The molecule has 21 heavy (non-hydrogen) atoms. The molecule has 0 radical (unpaired) electrons. The minimum atomic E-state index is -0.436. The van der Waals surface area contributed by atoms with E-state index in [9.17, 15) is 9.18 Å². The average molecular weight is 289 g/mol. The van der Waals surface area contributed by atoms with Gasteiger partial charge in [0.25, 0.3) is 0 Å². The molecule has 0 saturated heterocycles. The Morgan fingerprint density at radius 3 is 2.52 bits per heavy atom. The van der Waals surface area contributed by atoms with Crippen molar-refractivity contribution in [1.29, 1.82) is 0 Å². The molecule has 0 bridgehead atoms. The Labute approximate surface area is 122 Å². The quantitative estimate of drug-likeness (QED) is 0.689. The number of halogens is 1. The third-order valence-electron chi connectivity index (χ3n) is 2.88. The predicted molar refractivity (Wildman–Crippen MR) is 78.0 cm³/mol. The van der Waals surface area contributed by atoms with Crippen molar-refractivity contribution in [3.8, 4) is 11.5 Å². The number of hydrogen-bond acceptors (Lipinski definition) is 4. The lowest BCUT2D eigenvalue weighted by Crippen LogP contribution is -2.05. The van der Waals surface area contributed by atoms with E-state index in [1.54, 1.807) is 26.0 Å². The Kier molecular flexibility index (Phi) is 4.42. The average Bonchev–Trinajstić information content (AvgIpc) is 2.44. The SMILES string of the molecule is CCOC(=O)c1ccc(Oc2ccc(F)cc2C)c(N)c1. The molecule has 0 amide bonds. The van der Waals surface area contributed by atoms with E-state index in [1.807, 2.05) is 0 Å². The second-order valence-corrected chi connectivity index (χ2v) is 4.48. The summed E-state index contributed by atoms with van der Waals surface area (Å²) < 4.78 is 23.6. The summed E-state index contributed by atoms with van der Waals surface area (Å²) >= 11 is 0. The van der Waals surface area contributed by atoms with Crippen molar-refractivity contribution in [2.75, 3.05) is 12.3 Å². The summed E-state index contributed by atoms with van der Waals surface area (Å²) in [5.41, 5.74) is 7.20. The lowest BCUT2D eigenvalue weighted by Gasteiger charge is -2.11. The summed E-state index contributed by atoms with van der Waals surface area (Å²) in [6.07, 6.45) is 0. The molecule has 0 unspecified atom stereocenters. The first kappa shape index (κ1) is 14.8. The van der Waals surface area contributed by atoms with Crippen LogP contribution in [-0.2, 0) is 4.74 Å². The van der Waals surface area contributed by atoms with Crippen LogP contribution in [0.4, 0.5) is 10.1 Å². The number of aryl methyl sites for hydroxylation is 1. The summed E-state index contributed by atoms with van der Waals surface area (Å²) in [6.45, 7) is 3.77. The van der Waals surface area contributed by atoms with Crippen molar-refractivity contribution in [2.45, 2.75) is 13.8 Å². The molecule has 2 N–H and O–H groups in total. The Morgan fingerprint density at radius 2 is 1.90 bits per heavy atom. The number of nitrogen functional groups attached to an aromatic ring is 1. The molecule has 5 heteroatoms. The highest BCUT2D eigenvalue weighted by molar-refractivity contribution is 5.91. The van der Waals surface area contributed by atoms with E-state index < -0.39 is 5.97 Å². The van der Waals surface area contributed by atoms with Gasteiger partial charge in [0.15, 0.2) is 0 Å². The van der Waals surface area contributed by atoms with Crippen LogP contribution in [0.1, 0.15) is 22.8 Å². The molecule has 0 aliphatic rings. The van der Waals surface area contributed by atoms with Gasteiger partial charge in [0.1, 0.15) is 17.3 Å². The van der Waals surface area contributed by atoms with E-state index in [0.717, 1.165) is 0 Å². The molecule has 0 fully saturated rings. The molecule has 0 aliphatic carbocycles. The molecule has 0 saturated carbocycles. The molecule has 2 aromatic rings. The van der Waals surface area contributed by atoms with Gasteiger partial charge in [-0.1, -0.05) is 0 Å². The van der Waals surface area contributed by atoms with Gasteiger partial charge in [-0.15, -0.1) is 0 Å². The van der Waals surface area contributed by atoms with Gasteiger partial charge < -0.3 is 15.2 Å². The van der Waals surface area contributed by atoms with Crippen LogP contribution >= 0.6 is 0 Å². The summed E-state index contributed by atoms with van der Waals surface area (Å²) in [7, 11) is 0. The molecule has 110 valence electrons. The van der Waals surface area contributed by atoms with E-state index in [0.29, 0.717) is 34.9 Å². The molecule has 0 spiro atoms. The molecule has 0 atom stereocenters. The normalized spacial score (nSPS) is 10.2. The van der Waals surface area contributed by atoms with Crippen LogP contribution in [0.25, 0.3) is 0 Å². The number of hydrogen-bond donors (Lipinski definition) is 1. The molecular formula is C16H16FNO3. The van der Waals surface area contributed by atoms with Gasteiger partial charge in [-0.2, -0.15) is 0 Å². The Bertz CT molecular complexity index is 671. The van der Waals surface area contributed by atoms with Crippen LogP contribution in [0.2, 0.25) is 0 Å². The Morgan fingerprint density at radius 1 is 1.19 bits per heavy atom. The Balaban J connectivity index is 2.23. The maximum Gasteiger partial charge on any atom is 0.338 e. The van der Waals surface area contributed by atoms with Gasteiger partial charge in [-0.3, -0.25) is 0 Å². The van der Waals surface area contributed by atoms with Crippen molar-refractivity contribution in [2.24, 2.45) is 0 Å². The van der Waals surface area contributed by atoms with E-state index in [4.69, 9.17) is 15.2 Å². The molecular weight excluding hydrogens is 273 g/mol. The van der Waals surface area contributed by atoms with Gasteiger partial charge >= 0.3 is 5.97 Å². The van der Waals surface area contributed by atoms with Crippen LogP contribution in [0.3, 0.4) is 0 Å². The second kappa shape index (κ2) is 6.26. The first-order chi connectivity index (χ1) is 10.0. The second-order valence-electron chi connectivity index (χ2n) is 4.48. The maximum absolute atomic E-state index is 13.0. The first-order valence-electron chi connectivity index (χ1n) is 6.52. The van der Waals surface area contributed by atoms with Gasteiger partial charge in [0, 0.05) is 0 Å². The maximum atomic E-state index is 13.0. The fourth-order valence-electron chi connectivity index (χ4n) is 1.83. The number of nitrogens with two attached hydrogens (primary N) is 1.